The van der Waals surface area contributed by atoms with Crippen molar-refractivity contribution < 1.29 is 14.3 Å². The minimum atomic E-state index is -0.382. The molecule has 2 aromatic rings. The second-order valence-electron chi connectivity index (χ2n) is 7.22. The Kier molecular flexibility index (Phi) is 7.58. The van der Waals surface area contributed by atoms with Gasteiger partial charge >= 0.3 is 0 Å². The highest BCUT2D eigenvalue weighted by molar-refractivity contribution is 6.04. The van der Waals surface area contributed by atoms with E-state index in [0.717, 1.165) is 25.7 Å². The van der Waals surface area contributed by atoms with E-state index in [9.17, 15) is 9.59 Å². The molecule has 0 unspecified atom stereocenters. The molecule has 1 saturated carbocycles. The third-order valence-electron chi connectivity index (χ3n) is 4.95. The van der Waals surface area contributed by atoms with Gasteiger partial charge in [-0.2, -0.15) is 0 Å². The van der Waals surface area contributed by atoms with E-state index in [2.05, 4.69) is 15.6 Å². The van der Waals surface area contributed by atoms with Crippen molar-refractivity contribution in [2.45, 2.75) is 37.8 Å². The third-order valence-corrected chi connectivity index (χ3v) is 4.95. The van der Waals surface area contributed by atoms with Crippen molar-refractivity contribution in [3.63, 3.8) is 0 Å². The fourth-order valence-electron chi connectivity index (χ4n) is 3.31. The van der Waals surface area contributed by atoms with E-state index in [1.807, 2.05) is 0 Å². The first kappa shape index (κ1) is 22.6. The van der Waals surface area contributed by atoms with E-state index in [0.29, 0.717) is 17.0 Å². The normalized spacial score (nSPS) is 18.5. The molecule has 1 aliphatic carbocycles. The van der Waals surface area contributed by atoms with Crippen LogP contribution in [0.5, 0.6) is 5.75 Å². The van der Waals surface area contributed by atoms with E-state index in [1.165, 1.54) is 12.0 Å². The summed E-state index contributed by atoms with van der Waals surface area (Å²) in [6.45, 7) is 0. The summed E-state index contributed by atoms with van der Waals surface area (Å²) in [7, 11) is 4.81. The molecule has 2 amide bonds. The van der Waals surface area contributed by atoms with Crippen LogP contribution in [-0.4, -0.2) is 59.0 Å². The van der Waals surface area contributed by atoms with Crippen LogP contribution in [0.15, 0.2) is 24.4 Å². The molecular weight excluding hydrogens is 396 g/mol. The van der Waals surface area contributed by atoms with Crippen LogP contribution in [0.4, 0.5) is 5.69 Å². The Balaban J connectivity index is 0.00000300. The Morgan fingerprint density at radius 1 is 1.24 bits per heavy atom. The maximum Gasteiger partial charge on any atom is 0.277 e. The van der Waals surface area contributed by atoms with E-state index >= 15 is 0 Å². The molecule has 0 saturated heterocycles. The Morgan fingerprint density at radius 3 is 2.55 bits per heavy atom. The summed E-state index contributed by atoms with van der Waals surface area (Å²) in [5.74, 6) is -0.153. The zero-order valence-electron chi connectivity index (χ0n) is 16.8. The lowest BCUT2D eigenvalue weighted by molar-refractivity contribution is 0.0824. The minimum absolute atomic E-state index is 0. The van der Waals surface area contributed by atoms with Crippen LogP contribution >= 0.6 is 12.4 Å². The van der Waals surface area contributed by atoms with Gasteiger partial charge < -0.3 is 20.7 Å². The SMILES string of the molecule is COc1ccc(NC(=O)c2cn(C3CCC(N)CC3)nn2)cc1C(=O)N(C)C.Cl. The third kappa shape index (κ3) is 5.24. The van der Waals surface area contributed by atoms with Crippen LogP contribution in [-0.2, 0) is 0 Å². The summed E-state index contributed by atoms with van der Waals surface area (Å²) in [4.78, 5) is 26.3. The summed E-state index contributed by atoms with van der Waals surface area (Å²) in [6, 6.07) is 5.38. The van der Waals surface area contributed by atoms with Crippen molar-refractivity contribution in [1.82, 2.24) is 19.9 Å². The molecule has 0 bridgehead atoms. The Hall–Kier alpha value is -2.65. The van der Waals surface area contributed by atoms with E-state index in [-0.39, 0.29) is 42.0 Å². The average Bonchev–Trinajstić information content (AvgIpc) is 3.18. The van der Waals surface area contributed by atoms with Gasteiger partial charge in [-0.3, -0.25) is 9.59 Å². The van der Waals surface area contributed by atoms with Gasteiger partial charge in [0.15, 0.2) is 5.69 Å². The first-order valence-electron chi connectivity index (χ1n) is 9.27. The lowest BCUT2D eigenvalue weighted by atomic mass is 9.92. The number of aromatic nitrogens is 3. The maximum atomic E-state index is 12.6. The van der Waals surface area contributed by atoms with Crippen LogP contribution < -0.4 is 15.8 Å². The van der Waals surface area contributed by atoms with Gasteiger partial charge in [-0.05, 0) is 43.9 Å². The zero-order chi connectivity index (χ0) is 20.3. The number of halogens is 1. The number of carbonyl (C=O) groups is 2. The molecule has 9 nitrogen and oxygen atoms in total. The van der Waals surface area contributed by atoms with Crippen LogP contribution in [0.25, 0.3) is 0 Å². The maximum absolute atomic E-state index is 12.6. The summed E-state index contributed by atoms with van der Waals surface area (Å²) in [5, 5.41) is 10.9. The second kappa shape index (κ2) is 9.71. The van der Waals surface area contributed by atoms with E-state index < -0.39 is 0 Å². The van der Waals surface area contributed by atoms with Crippen molar-refractivity contribution in [3.8, 4) is 5.75 Å². The second-order valence-corrected chi connectivity index (χ2v) is 7.22. The predicted octanol–water partition coefficient (Wildman–Crippen LogP) is 2.10. The van der Waals surface area contributed by atoms with Crippen molar-refractivity contribution >= 4 is 29.9 Å². The molecule has 1 aliphatic rings. The largest absolute Gasteiger partial charge is 0.496 e. The molecule has 0 radical (unpaired) electrons. The number of hydrogen-bond donors (Lipinski definition) is 2. The smallest absolute Gasteiger partial charge is 0.277 e. The van der Waals surface area contributed by atoms with E-state index in [1.54, 1.807) is 43.2 Å². The number of amides is 2. The van der Waals surface area contributed by atoms with Crippen molar-refractivity contribution in [2.24, 2.45) is 5.73 Å². The van der Waals surface area contributed by atoms with Crippen LogP contribution in [0.3, 0.4) is 0 Å². The molecule has 10 heteroatoms. The van der Waals surface area contributed by atoms with Crippen molar-refractivity contribution in [1.29, 1.82) is 0 Å². The molecule has 0 aliphatic heterocycles. The van der Waals surface area contributed by atoms with Crippen LogP contribution in [0.2, 0.25) is 0 Å². The van der Waals surface area contributed by atoms with Crippen LogP contribution in [0, 0.1) is 0 Å². The molecule has 1 fully saturated rings. The van der Waals surface area contributed by atoms with Gasteiger partial charge in [0.1, 0.15) is 5.75 Å². The number of ether oxygens (including phenoxy) is 1. The number of nitrogens with zero attached hydrogens (tertiary/aromatic N) is 4. The standard InChI is InChI=1S/C19H26N6O3.ClH/c1-24(2)19(27)15-10-13(6-9-17(15)28-3)21-18(26)16-11-25(23-22-16)14-7-4-12(20)5-8-14;/h6,9-12,14H,4-5,7-8,20H2,1-3H3,(H,21,26);1H. The molecule has 1 heterocycles. The number of benzene rings is 1. The van der Waals surface area contributed by atoms with Gasteiger partial charge in [0.25, 0.3) is 11.8 Å². The number of rotatable bonds is 5. The Labute approximate surface area is 176 Å². The Morgan fingerprint density at radius 2 is 1.93 bits per heavy atom. The van der Waals surface area contributed by atoms with E-state index in [4.69, 9.17) is 10.5 Å². The number of methoxy groups -OCH3 is 1. The first-order valence-corrected chi connectivity index (χ1v) is 9.27. The molecule has 158 valence electrons. The number of hydrogen-bond acceptors (Lipinski definition) is 6. The van der Waals surface area contributed by atoms with Gasteiger partial charge in [0.05, 0.1) is 24.9 Å². The number of carbonyl (C=O) groups excluding carboxylic acids is 2. The van der Waals surface area contributed by atoms with Crippen LogP contribution in [0.1, 0.15) is 52.6 Å². The molecule has 0 atom stereocenters. The molecule has 3 rings (SSSR count). The van der Waals surface area contributed by atoms with Crippen molar-refractivity contribution in [2.75, 3.05) is 26.5 Å². The summed E-state index contributed by atoms with van der Waals surface area (Å²) in [5.41, 5.74) is 7.02. The van der Waals surface area contributed by atoms with Gasteiger partial charge in [0, 0.05) is 25.8 Å². The summed E-state index contributed by atoms with van der Waals surface area (Å²) in [6.07, 6.45) is 5.41. The number of nitrogens with one attached hydrogen (secondary N) is 1. The molecular formula is C19H27ClN6O3. The average molecular weight is 423 g/mol. The minimum Gasteiger partial charge on any atom is -0.496 e. The number of nitrogens with two attached hydrogens (primary N) is 1. The van der Waals surface area contributed by atoms with Gasteiger partial charge in [-0.15, -0.1) is 17.5 Å². The lowest BCUT2D eigenvalue weighted by Gasteiger charge is -2.25. The van der Waals surface area contributed by atoms with Gasteiger partial charge in [-0.25, -0.2) is 4.68 Å². The predicted molar refractivity (Wildman–Crippen MR) is 112 cm³/mol. The molecule has 1 aromatic carbocycles. The highest BCUT2D eigenvalue weighted by Gasteiger charge is 2.22. The number of anilines is 1. The fraction of sp³-hybridized carbons (Fsp3) is 0.474. The van der Waals surface area contributed by atoms with Crippen molar-refractivity contribution in [3.05, 3.63) is 35.7 Å². The summed E-state index contributed by atoms with van der Waals surface area (Å²) < 4.78 is 6.99. The molecule has 3 N–H and O–H groups in total. The fourth-order valence-corrected chi connectivity index (χ4v) is 3.31. The summed E-state index contributed by atoms with van der Waals surface area (Å²) >= 11 is 0. The topological polar surface area (TPSA) is 115 Å². The van der Waals surface area contributed by atoms with Gasteiger partial charge in [-0.1, -0.05) is 5.21 Å². The monoisotopic (exact) mass is 422 g/mol. The lowest BCUT2D eigenvalue weighted by Crippen LogP contribution is -2.28. The Bertz CT molecular complexity index is 861. The zero-order valence-corrected chi connectivity index (χ0v) is 17.6. The van der Waals surface area contributed by atoms with Gasteiger partial charge in [0.2, 0.25) is 0 Å². The highest BCUT2D eigenvalue weighted by Crippen LogP contribution is 2.27. The molecule has 29 heavy (non-hydrogen) atoms. The quantitative estimate of drug-likeness (QED) is 0.762. The molecule has 1 aromatic heterocycles. The highest BCUT2D eigenvalue weighted by atomic mass is 35.5. The molecule has 0 spiro atoms. The first-order chi connectivity index (χ1) is 13.4.